The second kappa shape index (κ2) is 9.19. The van der Waals surface area contributed by atoms with Crippen LogP contribution in [-0.4, -0.2) is 51.0 Å². The maximum Gasteiger partial charge on any atom is 0.229 e. The summed E-state index contributed by atoms with van der Waals surface area (Å²) >= 11 is 0. The van der Waals surface area contributed by atoms with Crippen molar-refractivity contribution in [2.24, 2.45) is 13.0 Å². The predicted octanol–water partition coefficient (Wildman–Crippen LogP) is 2.57. The Morgan fingerprint density at radius 3 is 3.00 bits per heavy atom. The number of anilines is 1. The van der Waals surface area contributed by atoms with Gasteiger partial charge in [0.05, 0.1) is 17.5 Å². The molecule has 2 aliphatic rings. The van der Waals surface area contributed by atoms with Crippen LogP contribution in [0.4, 0.5) is 10.2 Å². The number of aryl methyl sites for hydroxylation is 1. The summed E-state index contributed by atoms with van der Waals surface area (Å²) in [6.07, 6.45) is 4.69. The number of ether oxygens (including phenoxy) is 1. The van der Waals surface area contributed by atoms with Gasteiger partial charge in [-0.1, -0.05) is 0 Å². The van der Waals surface area contributed by atoms with Crippen LogP contribution in [0.1, 0.15) is 29.9 Å². The van der Waals surface area contributed by atoms with Crippen LogP contribution < -0.4 is 15.4 Å². The smallest absolute Gasteiger partial charge is 0.229 e. The van der Waals surface area contributed by atoms with Gasteiger partial charge in [0.1, 0.15) is 36.2 Å². The van der Waals surface area contributed by atoms with Gasteiger partial charge in [0.2, 0.25) is 5.91 Å². The number of aromatic nitrogens is 4. The maximum atomic E-state index is 14.1. The molecule has 9 nitrogen and oxygen atoms in total. The lowest BCUT2D eigenvalue weighted by Gasteiger charge is -2.27. The highest BCUT2D eigenvalue weighted by atomic mass is 19.1. The lowest BCUT2D eigenvalue weighted by atomic mass is 10.1. The number of halogens is 1. The standard InChI is InChI=1S/C24H24FN7O2/c1-32-12-16(10-30-32)17-7-18(17)24(33)31-23-8-20(28-13-29-23)14-2-3-21(15(6-14)9-26)34-22-4-5-27-11-19(22)25/h2-3,6,8,10,12-13,17-19,22,27H,4-5,7,11H2,1H3,(H,28,29,31,33)/t17?,18?,19-,22+/m1/s1. The average molecular weight is 462 g/mol. The largest absolute Gasteiger partial charge is 0.486 e. The van der Waals surface area contributed by atoms with Gasteiger partial charge in [-0.25, -0.2) is 14.4 Å². The van der Waals surface area contributed by atoms with E-state index in [-0.39, 0.29) is 24.3 Å². The minimum absolute atomic E-state index is 0.0947. The van der Waals surface area contributed by atoms with E-state index >= 15 is 0 Å². The van der Waals surface area contributed by atoms with Gasteiger partial charge in [-0.3, -0.25) is 9.48 Å². The Balaban J connectivity index is 1.28. The van der Waals surface area contributed by atoms with Gasteiger partial charge in [0, 0.05) is 37.3 Å². The molecule has 1 saturated carbocycles. The van der Waals surface area contributed by atoms with Crippen molar-refractivity contribution in [3.63, 3.8) is 0 Å². The SMILES string of the molecule is Cn1cc(C2CC2C(=O)Nc2cc(-c3ccc(O[C@H]4CCNC[C@H]4F)c(C#N)c3)ncn2)cn1. The Hall–Kier alpha value is -3.84. The number of carbonyl (C=O) groups is 1. The minimum atomic E-state index is -1.13. The van der Waals surface area contributed by atoms with Gasteiger partial charge in [0.15, 0.2) is 0 Å². The molecule has 3 aromatic rings. The highest BCUT2D eigenvalue weighted by Gasteiger charge is 2.44. The quantitative estimate of drug-likeness (QED) is 0.579. The molecule has 1 aromatic carbocycles. The third-order valence-corrected chi connectivity index (χ3v) is 6.22. The van der Waals surface area contributed by atoms with E-state index in [9.17, 15) is 14.4 Å². The van der Waals surface area contributed by atoms with Crippen LogP contribution >= 0.6 is 0 Å². The molecular formula is C24H24FN7O2. The van der Waals surface area contributed by atoms with Gasteiger partial charge < -0.3 is 15.4 Å². The Bertz CT molecular complexity index is 1250. The highest BCUT2D eigenvalue weighted by Crippen LogP contribution is 2.47. The Labute approximate surface area is 196 Å². The van der Waals surface area contributed by atoms with Crippen LogP contribution in [0, 0.1) is 17.2 Å². The summed E-state index contributed by atoms with van der Waals surface area (Å²) in [6.45, 7) is 0.911. The van der Waals surface area contributed by atoms with Crippen molar-refractivity contribution >= 4 is 11.7 Å². The van der Waals surface area contributed by atoms with Crippen molar-refractivity contribution in [3.8, 4) is 23.1 Å². The van der Waals surface area contributed by atoms with Gasteiger partial charge in [0.25, 0.3) is 0 Å². The first-order valence-electron chi connectivity index (χ1n) is 11.2. The summed E-state index contributed by atoms with van der Waals surface area (Å²) in [5.41, 5.74) is 2.58. The number of alkyl halides is 1. The highest BCUT2D eigenvalue weighted by molar-refractivity contribution is 5.94. The van der Waals surface area contributed by atoms with E-state index in [0.717, 1.165) is 12.0 Å². The molecule has 1 amide bonds. The number of piperidine rings is 1. The molecule has 2 aromatic heterocycles. The molecule has 4 atom stereocenters. The molecule has 0 bridgehead atoms. The van der Waals surface area contributed by atoms with Crippen molar-refractivity contribution in [3.05, 3.63) is 54.1 Å². The summed E-state index contributed by atoms with van der Waals surface area (Å²) in [7, 11) is 1.85. The lowest BCUT2D eigenvalue weighted by Crippen LogP contribution is -2.44. The molecular weight excluding hydrogens is 437 g/mol. The zero-order valence-electron chi connectivity index (χ0n) is 18.6. The van der Waals surface area contributed by atoms with Crippen LogP contribution in [0.2, 0.25) is 0 Å². The van der Waals surface area contributed by atoms with Crippen molar-refractivity contribution in [2.45, 2.75) is 31.0 Å². The van der Waals surface area contributed by atoms with Crippen molar-refractivity contribution in [1.82, 2.24) is 25.1 Å². The molecule has 5 rings (SSSR count). The predicted molar refractivity (Wildman–Crippen MR) is 122 cm³/mol. The Morgan fingerprint density at radius 2 is 2.24 bits per heavy atom. The molecule has 2 fully saturated rings. The number of rotatable bonds is 6. The molecule has 34 heavy (non-hydrogen) atoms. The fraction of sp³-hybridized carbons (Fsp3) is 0.375. The van der Waals surface area contributed by atoms with Crippen LogP contribution in [0.15, 0.2) is 43.0 Å². The second-order valence-electron chi connectivity index (χ2n) is 8.66. The monoisotopic (exact) mass is 461 g/mol. The van der Waals surface area contributed by atoms with E-state index in [1.54, 1.807) is 35.1 Å². The van der Waals surface area contributed by atoms with E-state index in [0.29, 0.717) is 41.4 Å². The summed E-state index contributed by atoms with van der Waals surface area (Å²) in [5.74, 6) is 0.699. The molecule has 10 heteroatoms. The first-order valence-corrected chi connectivity index (χ1v) is 11.2. The third-order valence-electron chi connectivity index (χ3n) is 6.22. The van der Waals surface area contributed by atoms with Gasteiger partial charge in [-0.2, -0.15) is 10.4 Å². The topological polar surface area (TPSA) is 118 Å². The Morgan fingerprint density at radius 1 is 1.35 bits per heavy atom. The molecule has 1 aliphatic carbocycles. The number of hydrogen-bond acceptors (Lipinski definition) is 7. The molecule has 2 unspecified atom stereocenters. The van der Waals surface area contributed by atoms with Crippen LogP contribution in [0.5, 0.6) is 5.75 Å². The fourth-order valence-electron chi connectivity index (χ4n) is 4.26. The van der Waals surface area contributed by atoms with Crippen molar-refractivity contribution in [2.75, 3.05) is 18.4 Å². The van der Waals surface area contributed by atoms with Gasteiger partial charge in [-0.15, -0.1) is 0 Å². The zero-order valence-corrected chi connectivity index (χ0v) is 18.6. The van der Waals surface area contributed by atoms with E-state index in [2.05, 4.69) is 31.8 Å². The van der Waals surface area contributed by atoms with E-state index in [1.165, 1.54) is 6.33 Å². The second-order valence-corrected chi connectivity index (χ2v) is 8.66. The lowest BCUT2D eigenvalue weighted by molar-refractivity contribution is -0.117. The van der Waals surface area contributed by atoms with Crippen molar-refractivity contribution in [1.29, 1.82) is 5.26 Å². The first-order chi connectivity index (χ1) is 16.5. The number of amides is 1. The number of hydrogen-bond donors (Lipinski definition) is 2. The van der Waals surface area contributed by atoms with Crippen LogP contribution in [0.25, 0.3) is 11.3 Å². The molecule has 2 N–H and O–H groups in total. The summed E-state index contributed by atoms with van der Waals surface area (Å²) in [4.78, 5) is 21.1. The number of nitrogens with zero attached hydrogens (tertiary/aromatic N) is 5. The molecule has 174 valence electrons. The first kappa shape index (κ1) is 22.0. The summed E-state index contributed by atoms with van der Waals surface area (Å²) < 4.78 is 21.7. The molecule has 1 saturated heterocycles. The van der Waals surface area contributed by atoms with Crippen molar-refractivity contribution < 1.29 is 13.9 Å². The fourth-order valence-corrected chi connectivity index (χ4v) is 4.26. The zero-order chi connectivity index (χ0) is 23.7. The number of nitrogens with one attached hydrogen (secondary N) is 2. The molecule has 1 aliphatic heterocycles. The number of carbonyl (C=O) groups excluding carboxylic acids is 1. The Kier molecular flexibility index (Phi) is 5.94. The van der Waals surface area contributed by atoms with E-state index in [4.69, 9.17) is 4.74 Å². The molecule has 0 spiro atoms. The number of benzene rings is 1. The van der Waals surface area contributed by atoms with E-state index in [1.807, 2.05) is 13.2 Å². The van der Waals surface area contributed by atoms with E-state index < -0.39 is 12.3 Å². The van der Waals surface area contributed by atoms with Gasteiger partial charge >= 0.3 is 0 Å². The third kappa shape index (κ3) is 4.61. The summed E-state index contributed by atoms with van der Waals surface area (Å²) in [6, 6.07) is 8.86. The molecule has 0 radical (unpaired) electrons. The molecule has 3 heterocycles. The normalized spacial score (nSPS) is 23.7. The minimum Gasteiger partial charge on any atom is -0.486 e. The number of nitriles is 1. The summed E-state index contributed by atoms with van der Waals surface area (Å²) in [5, 5.41) is 19.6. The average Bonchev–Trinajstić information content (AvgIpc) is 3.54. The van der Waals surface area contributed by atoms with Gasteiger partial charge in [-0.05, 0) is 49.1 Å². The van der Waals surface area contributed by atoms with Crippen LogP contribution in [-0.2, 0) is 11.8 Å². The maximum absolute atomic E-state index is 14.1. The van der Waals surface area contributed by atoms with Crippen LogP contribution in [0.3, 0.4) is 0 Å².